The first-order chi connectivity index (χ1) is 15.2. The molecular formula is C26H32ClN3O. The van der Waals surface area contributed by atoms with E-state index in [0.29, 0.717) is 12.0 Å². The molecule has 0 radical (unpaired) electrons. The molecule has 5 rings (SSSR count). The summed E-state index contributed by atoms with van der Waals surface area (Å²) in [5.41, 5.74) is 3.71. The standard InChI is InChI=1S/C26H32ClN3O/c1-2-3-16-31-25-11-8-20(27)17-22(25)19-12-14-29(15-13-19)18-26-28-23-6-4-5-7-24(23)30(26)21-9-10-21/h4-8,11,17,19,21H,2-3,9-10,12-16,18H2,1H3. The van der Waals surface area contributed by atoms with Crippen molar-refractivity contribution in [3.05, 3.63) is 58.9 Å². The van der Waals surface area contributed by atoms with Gasteiger partial charge in [0.05, 0.1) is 24.2 Å². The van der Waals surface area contributed by atoms with Crippen LogP contribution in [0.25, 0.3) is 11.0 Å². The summed E-state index contributed by atoms with van der Waals surface area (Å²) < 4.78 is 8.60. The van der Waals surface area contributed by atoms with E-state index in [-0.39, 0.29) is 0 Å². The van der Waals surface area contributed by atoms with Crippen LogP contribution in [0, 0.1) is 0 Å². The Bertz CT molecular complexity index is 1030. The average molecular weight is 438 g/mol. The average Bonchev–Trinajstić information content (AvgIpc) is 3.56. The second-order valence-corrected chi connectivity index (χ2v) is 9.49. The van der Waals surface area contributed by atoms with Crippen LogP contribution in [0.5, 0.6) is 5.75 Å². The largest absolute Gasteiger partial charge is 0.493 e. The van der Waals surface area contributed by atoms with Gasteiger partial charge in [0, 0.05) is 11.1 Å². The molecule has 1 saturated carbocycles. The normalized spacial score (nSPS) is 18.0. The fraction of sp³-hybridized carbons (Fsp3) is 0.500. The Hall–Kier alpha value is -2.04. The highest BCUT2D eigenvalue weighted by Crippen LogP contribution is 2.40. The Labute approximate surface area is 190 Å². The Morgan fingerprint density at radius 2 is 1.87 bits per heavy atom. The number of halogens is 1. The minimum absolute atomic E-state index is 0.508. The van der Waals surface area contributed by atoms with Crippen LogP contribution in [-0.2, 0) is 6.54 Å². The summed E-state index contributed by atoms with van der Waals surface area (Å²) in [6.45, 7) is 6.08. The molecule has 2 heterocycles. The van der Waals surface area contributed by atoms with Crippen LogP contribution >= 0.6 is 11.6 Å². The van der Waals surface area contributed by atoms with Crippen LogP contribution in [0.1, 0.15) is 68.8 Å². The second kappa shape index (κ2) is 9.22. The van der Waals surface area contributed by atoms with Crippen LogP contribution in [0.15, 0.2) is 42.5 Å². The van der Waals surface area contributed by atoms with Crippen molar-refractivity contribution in [3.8, 4) is 5.75 Å². The third-order valence-corrected chi connectivity index (χ3v) is 6.94. The number of aromatic nitrogens is 2. The molecular weight excluding hydrogens is 406 g/mol. The smallest absolute Gasteiger partial charge is 0.124 e. The van der Waals surface area contributed by atoms with Crippen molar-refractivity contribution < 1.29 is 4.74 Å². The fourth-order valence-electron chi connectivity index (χ4n) is 4.84. The lowest BCUT2D eigenvalue weighted by atomic mass is 9.88. The first-order valence-electron chi connectivity index (χ1n) is 11.8. The molecule has 164 valence electrons. The number of likely N-dealkylation sites (tertiary alicyclic amines) is 1. The monoisotopic (exact) mass is 437 g/mol. The van der Waals surface area contributed by atoms with Gasteiger partial charge in [0.1, 0.15) is 11.6 Å². The van der Waals surface area contributed by atoms with Crippen molar-refractivity contribution in [3.63, 3.8) is 0 Å². The van der Waals surface area contributed by atoms with Crippen molar-refractivity contribution in [1.82, 2.24) is 14.5 Å². The van der Waals surface area contributed by atoms with Gasteiger partial charge in [-0.3, -0.25) is 4.90 Å². The topological polar surface area (TPSA) is 30.3 Å². The zero-order valence-electron chi connectivity index (χ0n) is 18.4. The number of benzene rings is 2. The van der Waals surface area contributed by atoms with Crippen molar-refractivity contribution in [1.29, 1.82) is 0 Å². The summed E-state index contributed by atoms with van der Waals surface area (Å²) in [4.78, 5) is 7.56. The number of para-hydroxylation sites is 2. The second-order valence-electron chi connectivity index (χ2n) is 9.05. The molecule has 4 nitrogen and oxygen atoms in total. The molecule has 31 heavy (non-hydrogen) atoms. The molecule has 1 aliphatic heterocycles. The summed E-state index contributed by atoms with van der Waals surface area (Å²) in [7, 11) is 0. The molecule has 0 bridgehead atoms. The van der Waals surface area contributed by atoms with Crippen LogP contribution in [-0.4, -0.2) is 34.1 Å². The molecule has 0 N–H and O–H groups in total. The molecule has 0 spiro atoms. The molecule has 1 saturated heterocycles. The minimum atomic E-state index is 0.508. The van der Waals surface area contributed by atoms with Gasteiger partial charge in [-0.2, -0.15) is 0 Å². The number of ether oxygens (including phenoxy) is 1. The molecule has 0 amide bonds. The Morgan fingerprint density at radius 3 is 2.65 bits per heavy atom. The van der Waals surface area contributed by atoms with Crippen molar-refractivity contribution in [2.24, 2.45) is 0 Å². The fourth-order valence-corrected chi connectivity index (χ4v) is 5.02. The van der Waals surface area contributed by atoms with Gasteiger partial charge in [-0.25, -0.2) is 4.98 Å². The zero-order chi connectivity index (χ0) is 21.2. The molecule has 2 fully saturated rings. The van der Waals surface area contributed by atoms with Crippen LogP contribution in [0.2, 0.25) is 5.02 Å². The molecule has 2 aromatic carbocycles. The van der Waals surface area contributed by atoms with Gasteiger partial charge < -0.3 is 9.30 Å². The van der Waals surface area contributed by atoms with E-state index in [2.05, 4.69) is 52.8 Å². The Morgan fingerprint density at radius 1 is 1.06 bits per heavy atom. The van der Waals surface area contributed by atoms with Gasteiger partial charge in [-0.1, -0.05) is 37.1 Å². The minimum Gasteiger partial charge on any atom is -0.493 e. The Kier molecular flexibility index (Phi) is 6.20. The van der Waals surface area contributed by atoms with Gasteiger partial charge >= 0.3 is 0 Å². The highest BCUT2D eigenvalue weighted by Gasteiger charge is 2.30. The molecule has 0 atom stereocenters. The lowest BCUT2D eigenvalue weighted by Crippen LogP contribution is -2.33. The molecule has 3 aromatic rings. The van der Waals surface area contributed by atoms with Gasteiger partial charge in [-0.15, -0.1) is 0 Å². The molecule has 1 aliphatic carbocycles. The Balaban J connectivity index is 1.27. The predicted molar refractivity (Wildman–Crippen MR) is 127 cm³/mol. The van der Waals surface area contributed by atoms with E-state index < -0.39 is 0 Å². The molecule has 2 aliphatic rings. The van der Waals surface area contributed by atoms with Gasteiger partial charge in [0.25, 0.3) is 0 Å². The maximum atomic E-state index is 6.35. The van der Waals surface area contributed by atoms with Crippen LogP contribution in [0.3, 0.4) is 0 Å². The van der Waals surface area contributed by atoms with E-state index in [1.54, 1.807) is 0 Å². The number of imidazole rings is 1. The number of unbranched alkanes of at least 4 members (excludes halogenated alkanes) is 1. The number of fused-ring (bicyclic) bond motifs is 1. The molecule has 1 aromatic heterocycles. The molecule has 5 heteroatoms. The highest BCUT2D eigenvalue weighted by atomic mass is 35.5. The van der Waals surface area contributed by atoms with E-state index in [4.69, 9.17) is 21.3 Å². The van der Waals surface area contributed by atoms with E-state index in [9.17, 15) is 0 Å². The summed E-state index contributed by atoms with van der Waals surface area (Å²) in [5, 5.41) is 0.804. The van der Waals surface area contributed by atoms with E-state index in [1.165, 1.54) is 29.7 Å². The maximum Gasteiger partial charge on any atom is 0.124 e. The highest BCUT2D eigenvalue weighted by molar-refractivity contribution is 6.30. The number of rotatable bonds is 8. The van der Waals surface area contributed by atoms with Crippen LogP contribution < -0.4 is 4.74 Å². The third kappa shape index (κ3) is 4.61. The van der Waals surface area contributed by atoms with Crippen molar-refractivity contribution in [2.45, 2.75) is 64.0 Å². The molecule has 0 unspecified atom stereocenters. The van der Waals surface area contributed by atoms with Gasteiger partial charge in [-0.05, 0) is 87.0 Å². The first-order valence-corrected chi connectivity index (χ1v) is 12.2. The number of nitrogens with zero attached hydrogens (tertiary/aromatic N) is 3. The summed E-state index contributed by atoms with van der Waals surface area (Å²) in [6, 6.07) is 15.3. The summed E-state index contributed by atoms with van der Waals surface area (Å²) in [5.74, 6) is 2.76. The van der Waals surface area contributed by atoms with Crippen molar-refractivity contribution >= 4 is 22.6 Å². The van der Waals surface area contributed by atoms with E-state index in [0.717, 1.165) is 68.2 Å². The van der Waals surface area contributed by atoms with Crippen molar-refractivity contribution in [2.75, 3.05) is 19.7 Å². The lowest BCUT2D eigenvalue weighted by Gasteiger charge is -2.32. The zero-order valence-corrected chi connectivity index (χ0v) is 19.2. The maximum absolute atomic E-state index is 6.35. The van der Waals surface area contributed by atoms with Crippen LogP contribution in [0.4, 0.5) is 0 Å². The van der Waals surface area contributed by atoms with E-state index in [1.807, 2.05) is 6.07 Å². The predicted octanol–water partition coefficient (Wildman–Crippen LogP) is 6.58. The summed E-state index contributed by atoms with van der Waals surface area (Å²) in [6.07, 6.45) is 7.06. The number of piperidine rings is 1. The van der Waals surface area contributed by atoms with E-state index >= 15 is 0 Å². The number of hydrogen-bond donors (Lipinski definition) is 0. The third-order valence-electron chi connectivity index (χ3n) is 6.70. The van der Waals surface area contributed by atoms with Gasteiger partial charge in [0.2, 0.25) is 0 Å². The summed E-state index contributed by atoms with van der Waals surface area (Å²) >= 11 is 6.35. The number of hydrogen-bond acceptors (Lipinski definition) is 3. The van der Waals surface area contributed by atoms with Gasteiger partial charge in [0.15, 0.2) is 0 Å². The lowest BCUT2D eigenvalue weighted by molar-refractivity contribution is 0.196. The SMILES string of the molecule is CCCCOc1ccc(Cl)cc1C1CCN(Cc2nc3ccccc3n2C2CC2)CC1. The first kappa shape index (κ1) is 20.8. The quantitative estimate of drug-likeness (QED) is 0.372.